The van der Waals surface area contributed by atoms with Gasteiger partial charge in [0.05, 0.1) is 5.75 Å². The molecule has 0 bridgehead atoms. The van der Waals surface area contributed by atoms with Crippen molar-refractivity contribution in [3.63, 3.8) is 0 Å². The van der Waals surface area contributed by atoms with E-state index < -0.39 is 20.8 Å². The van der Waals surface area contributed by atoms with Gasteiger partial charge in [-0.25, -0.2) is 12.7 Å². The van der Waals surface area contributed by atoms with Gasteiger partial charge < -0.3 is 4.42 Å². The molecule has 0 saturated heterocycles. The maximum atomic E-state index is 12.0. The second-order valence-corrected chi connectivity index (χ2v) is 9.32. The number of rotatable bonds is 7. The lowest BCUT2D eigenvalue weighted by molar-refractivity contribution is 0.407. The molecule has 0 unspecified atom stereocenters. The Morgan fingerprint density at radius 1 is 1.29 bits per heavy atom. The molecule has 0 fully saturated rings. The molecule has 0 saturated carbocycles. The zero-order valence-corrected chi connectivity index (χ0v) is 14.3. The summed E-state index contributed by atoms with van der Waals surface area (Å²) in [6.07, 6.45) is 0.758. The standard InChI is InChI=1S/C13H17NO4S3/c1-14(2)21(16,17)13-6-5-11(18-13)10-20(15)9-7-12-4-3-8-19-12/h3-6,8H,7,9-10H2,1-2H3/t20-/m0/s1. The highest BCUT2D eigenvalue weighted by molar-refractivity contribution is 7.89. The van der Waals surface area contributed by atoms with Crippen LogP contribution in [0.4, 0.5) is 0 Å². The van der Waals surface area contributed by atoms with Crippen LogP contribution in [0.2, 0.25) is 0 Å². The maximum absolute atomic E-state index is 12.0. The molecule has 2 aromatic heterocycles. The third-order valence-electron chi connectivity index (χ3n) is 2.83. The Morgan fingerprint density at radius 2 is 2.05 bits per heavy atom. The molecule has 2 rings (SSSR count). The zero-order valence-electron chi connectivity index (χ0n) is 11.8. The van der Waals surface area contributed by atoms with Crippen LogP contribution in [0, 0.1) is 0 Å². The van der Waals surface area contributed by atoms with E-state index in [-0.39, 0.29) is 10.8 Å². The van der Waals surface area contributed by atoms with E-state index in [0.717, 1.165) is 10.7 Å². The van der Waals surface area contributed by atoms with E-state index in [1.807, 2.05) is 17.5 Å². The summed E-state index contributed by atoms with van der Waals surface area (Å²) in [6.45, 7) is 0. The quantitative estimate of drug-likeness (QED) is 0.769. The minimum Gasteiger partial charge on any atom is -0.447 e. The van der Waals surface area contributed by atoms with Crippen LogP contribution in [0.1, 0.15) is 10.6 Å². The van der Waals surface area contributed by atoms with Gasteiger partial charge in [-0.05, 0) is 30.0 Å². The predicted octanol–water partition coefficient (Wildman–Crippen LogP) is 2.08. The first-order valence-electron chi connectivity index (χ1n) is 6.28. The molecule has 0 aromatic carbocycles. The Labute approximate surface area is 131 Å². The van der Waals surface area contributed by atoms with Gasteiger partial charge in [-0.3, -0.25) is 4.21 Å². The summed E-state index contributed by atoms with van der Waals surface area (Å²) in [5, 5.41) is 1.88. The third-order valence-corrected chi connectivity index (χ3v) is 6.72. The Hall–Kier alpha value is -0.960. The van der Waals surface area contributed by atoms with Crippen LogP contribution in [-0.4, -0.2) is 36.8 Å². The molecule has 5 nitrogen and oxygen atoms in total. The number of furan rings is 1. The van der Waals surface area contributed by atoms with Gasteiger partial charge in [-0.2, -0.15) is 0 Å². The van der Waals surface area contributed by atoms with Gasteiger partial charge in [-0.15, -0.1) is 11.3 Å². The van der Waals surface area contributed by atoms with Crippen LogP contribution in [0.5, 0.6) is 0 Å². The lowest BCUT2D eigenvalue weighted by Crippen LogP contribution is -2.21. The van der Waals surface area contributed by atoms with Crippen molar-refractivity contribution in [2.45, 2.75) is 17.3 Å². The smallest absolute Gasteiger partial charge is 0.275 e. The zero-order chi connectivity index (χ0) is 15.5. The number of hydrogen-bond donors (Lipinski definition) is 0. The molecule has 0 amide bonds. The highest BCUT2D eigenvalue weighted by Gasteiger charge is 2.21. The Bertz CT molecular complexity index is 702. The molecule has 21 heavy (non-hydrogen) atoms. The fraction of sp³-hybridized carbons (Fsp3) is 0.385. The largest absolute Gasteiger partial charge is 0.447 e. The second-order valence-electron chi connectivity index (χ2n) is 4.63. The van der Waals surface area contributed by atoms with Crippen molar-refractivity contribution in [3.05, 3.63) is 40.3 Å². The molecular weight excluding hydrogens is 330 g/mol. The first kappa shape index (κ1) is 16.4. The molecule has 2 aromatic rings. The number of sulfonamides is 1. The number of nitrogens with zero attached hydrogens (tertiary/aromatic N) is 1. The van der Waals surface area contributed by atoms with Crippen LogP contribution in [-0.2, 0) is 33.0 Å². The molecule has 0 spiro atoms. The Balaban J connectivity index is 1.95. The summed E-state index contributed by atoms with van der Waals surface area (Å²) in [6, 6.07) is 6.95. The first-order chi connectivity index (χ1) is 9.89. The van der Waals surface area contributed by atoms with Crippen molar-refractivity contribution in [2.75, 3.05) is 19.8 Å². The van der Waals surface area contributed by atoms with Crippen LogP contribution in [0.3, 0.4) is 0 Å². The van der Waals surface area contributed by atoms with Crippen LogP contribution >= 0.6 is 11.3 Å². The average molecular weight is 347 g/mol. The van der Waals surface area contributed by atoms with Crippen molar-refractivity contribution in [3.8, 4) is 0 Å². The lowest BCUT2D eigenvalue weighted by atomic mass is 10.4. The molecule has 0 radical (unpaired) electrons. The van der Waals surface area contributed by atoms with Crippen molar-refractivity contribution in [1.29, 1.82) is 0 Å². The first-order valence-corrected chi connectivity index (χ1v) is 10.1. The molecule has 2 heterocycles. The monoisotopic (exact) mass is 347 g/mol. The summed E-state index contributed by atoms with van der Waals surface area (Å²) in [5.41, 5.74) is 0. The maximum Gasteiger partial charge on any atom is 0.275 e. The number of thiophene rings is 1. The molecule has 116 valence electrons. The van der Waals surface area contributed by atoms with E-state index in [4.69, 9.17) is 4.42 Å². The number of aryl methyl sites for hydroxylation is 1. The molecule has 0 N–H and O–H groups in total. The van der Waals surface area contributed by atoms with E-state index in [0.29, 0.717) is 11.5 Å². The average Bonchev–Trinajstić information content (AvgIpc) is 3.07. The molecule has 0 aliphatic rings. The predicted molar refractivity (Wildman–Crippen MR) is 84.3 cm³/mol. The highest BCUT2D eigenvalue weighted by Crippen LogP contribution is 2.18. The summed E-state index contributed by atoms with van der Waals surface area (Å²) in [5.74, 6) is 1.20. The third kappa shape index (κ3) is 4.26. The van der Waals surface area contributed by atoms with E-state index in [2.05, 4.69) is 0 Å². The molecule has 0 aliphatic carbocycles. The fourth-order valence-corrected chi connectivity index (χ4v) is 4.37. The highest BCUT2D eigenvalue weighted by atomic mass is 32.2. The van der Waals surface area contributed by atoms with Crippen molar-refractivity contribution in [2.24, 2.45) is 0 Å². The van der Waals surface area contributed by atoms with Gasteiger partial charge in [0.15, 0.2) is 0 Å². The Morgan fingerprint density at radius 3 is 2.67 bits per heavy atom. The molecule has 0 aliphatic heterocycles. The Kier molecular flexibility index (Phi) is 5.37. The van der Waals surface area contributed by atoms with Crippen LogP contribution in [0.15, 0.2) is 39.2 Å². The van der Waals surface area contributed by atoms with Gasteiger partial charge in [0, 0.05) is 35.5 Å². The molecule has 1 atom stereocenters. The van der Waals surface area contributed by atoms with Gasteiger partial charge in [0.25, 0.3) is 10.0 Å². The van der Waals surface area contributed by atoms with Gasteiger partial charge in [0.2, 0.25) is 5.09 Å². The molecule has 8 heteroatoms. The van der Waals surface area contributed by atoms with Crippen molar-refractivity contribution >= 4 is 32.2 Å². The summed E-state index contributed by atoms with van der Waals surface area (Å²) < 4.78 is 42.1. The van der Waals surface area contributed by atoms with E-state index in [1.54, 1.807) is 17.4 Å². The van der Waals surface area contributed by atoms with E-state index in [1.165, 1.54) is 25.0 Å². The van der Waals surface area contributed by atoms with Crippen molar-refractivity contribution < 1.29 is 17.0 Å². The van der Waals surface area contributed by atoms with E-state index >= 15 is 0 Å². The molecular formula is C13H17NO4S3. The summed E-state index contributed by atoms with van der Waals surface area (Å²) >= 11 is 1.64. The SMILES string of the molecule is CN(C)S(=O)(=O)c1ccc(C[S@@](=O)CCc2cccs2)o1. The van der Waals surface area contributed by atoms with Crippen molar-refractivity contribution in [1.82, 2.24) is 4.31 Å². The van der Waals surface area contributed by atoms with Gasteiger partial charge in [-0.1, -0.05) is 6.07 Å². The van der Waals surface area contributed by atoms with E-state index in [9.17, 15) is 12.6 Å². The minimum absolute atomic E-state index is 0.113. The topological polar surface area (TPSA) is 67.6 Å². The number of hydrogen-bond acceptors (Lipinski definition) is 5. The summed E-state index contributed by atoms with van der Waals surface area (Å²) in [4.78, 5) is 1.19. The second kappa shape index (κ2) is 6.87. The minimum atomic E-state index is -3.57. The fourth-order valence-electron chi connectivity index (χ4n) is 1.65. The van der Waals surface area contributed by atoms with Gasteiger partial charge >= 0.3 is 0 Å². The van der Waals surface area contributed by atoms with Crippen LogP contribution < -0.4 is 0 Å². The van der Waals surface area contributed by atoms with Crippen LogP contribution in [0.25, 0.3) is 0 Å². The van der Waals surface area contributed by atoms with Gasteiger partial charge in [0.1, 0.15) is 5.76 Å². The normalized spacial score (nSPS) is 13.7. The summed E-state index contributed by atoms with van der Waals surface area (Å²) in [7, 11) is -1.76. The lowest BCUT2D eigenvalue weighted by Gasteiger charge is -2.07.